The molecule has 1 fully saturated rings. The van der Waals surface area contributed by atoms with Crippen molar-refractivity contribution in [1.82, 2.24) is 9.21 Å². The highest BCUT2D eigenvalue weighted by molar-refractivity contribution is 7.89. The molecule has 146 valence electrons. The van der Waals surface area contributed by atoms with Crippen molar-refractivity contribution in [3.63, 3.8) is 0 Å². The minimum atomic E-state index is -3.49. The van der Waals surface area contributed by atoms with Gasteiger partial charge in [-0.3, -0.25) is 0 Å². The molecule has 0 aromatic heterocycles. The van der Waals surface area contributed by atoms with Crippen LogP contribution in [0.25, 0.3) is 0 Å². The van der Waals surface area contributed by atoms with Crippen LogP contribution in [0, 0.1) is 12.8 Å². The molecule has 0 N–H and O–H groups in total. The average Bonchev–Trinajstić information content (AvgIpc) is 2.54. The highest BCUT2D eigenvalue weighted by Crippen LogP contribution is 2.24. The van der Waals surface area contributed by atoms with Crippen molar-refractivity contribution in [3.8, 4) is 0 Å². The van der Waals surface area contributed by atoms with E-state index in [0.717, 1.165) is 18.4 Å². The number of carbonyl (C=O) groups excluding carboxylic acids is 1. The van der Waals surface area contributed by atoms with Gasteiger partial charge in [0.15, 0.2) is 0 Å². The van der Waals surface area contributed by atoms with E-state index >= 15 is 0 Å². The number of nitrogens with zero attached hydrogens (tertiary/aromatic N) is 2. The van der Waals surface area contributed by atoms with Crippen LogP contribution in [0.2, 0.25) is 0 Å². The van der Waals surface area contributed by atoms with E-state index in [0.29, 0.717) is 24.5 Å². The molecular formula is C19H30N2O4S. The molecule has 7 heteroatoms. The Balaban J connectivity index is 1.93. The third kappa shape index (κ3) is 5.20. The molecule has 1 aliphatic heterocycles. The maximum atomic E-state index is 12.8. The lowest BCUT2D eigenvalue weighted by Gasteiger charge is -2.34. The highest BCUT2D eigenvalue weighted by atomic mass is 32.2. The van der Waals surface area contributed by atoms with Crippen molar-refractivity contribution in [2.75, 3.05) is 26.7 Å². The van der Waals surface area contributed by atoms with Crippen LogP contribution >= 0.6 is 0 Å². The van der Waals surface area contributed by atoms with Crippen molar-refractivity contribution < 1.29 is 17.9 Å². The Morgan fingerprint density at radius 2 is 1.81 bits per heavy atom. The van der Waals surface area contributed by atoms with E-state index in [2.05, 4.69) is 0 Å². The minimum absolute atomic E-state index is 0.234. The van der Waals surface area contributed by atoms with Gasteiger partial charge in [0.25, 0.3) is 0 Å². The Hall–Kier alpha value is -1.60. The molecular weight excluding hydrogens is 352 g/mol. The number of aryl methyl sites for hydroxylation is 1. The number of hydrogen-bond donors (Lipinski definition) is 0. The second kappa shape index (κ2) is 7.96. The largest absolute Gasteiger partial charge is 0.444 e. The molecule has 0 aliphatic carbocycles. The highest BCUT2D eigenvalue weighted by Gasteiger charge is 2.30. The van der Waals surface area contributed by atoms with Gasteiger partial charge < -0.3 is 9.64 Å². The fourth-order valence-corrected chi connectivity index (χ4v) is 4.57. The fraction of sp³-hybridized carbons (Fsp3) is 0.632. The van der Waals surface area contributed by atoms with Crippen LogP contribution in [0.5, 0.6) is 0 Å². The number of sulfonamides is 1. The summed E-state index contributed by atoms with van der Waals surface area (Å²) in [7, 11) is -1.87. The minimum Gasteiger partial charge on any atom is -0.444 e. The summed E-state index contributed by atoms with van der Waals surface area (Å²) in [6.45, 7) is 9.00. The van der Waals surface area contributed by atoms with Gasteiger partial charge in [-0.1, -0.05) is 18.2 Å². The first kappa shape index (κ1) is 20.7. The summed E-state index contributed by atoms with van der Waals surface area (Å²) in [5.74, 6) is 0.234. The van der Waals surface area contributed by atoms with E-state index < -0.39 is 15.6 Å². The molecule has 1 aliphatic rings. The first-order valence-corrected chi connectivity index (χ1v) is 10.4. The van der Waals surface area contributed by atoms with Gasteiger partial charge in [0.05, 0.1) is 4.90 Å². The van der Waals surface area contributed by atoms with Crippen LogP contribution in [0.1, 0.15) is 39.2 Å². The zero-order chi connectivity index (χ0) is 19.5. The third-order valence-corrected chi connectivity index (χ3v) is 6.55. The van der Waals surface area contributed by atoms with Crippen molar-refractivity contribution in [2.24, 2.45) is 5.92 Å². The zero-order valence-electron chi connectivity index (χ0n) is 16.4. The summed E-state index contributed by atoms with van der Waals surface area (Å²) in [5.41, 5.74) is 0.245. The van der Waals surface area contributed by atoms with Crippen molar-refractivity contribution in [3.05, 3.63) is 29.8 Å². The number of piperidine rings is 1. The number of hydrogen-bond acceptors (Lipinski definition) is 4. The van der Waals surface area contributed by atoms with Crippen LogP contribution in [-0.2, 0) is 14.8 Å². The van der Waals surface area contributed by atoms with E-state index in [1.165, 1.54) is 4.31 Å². The van der Waals surface area contributed by atoms with Crippen LogP contribution in [0.4, 0.5) is 4.79 Å². The lowest BCUT2D eigenvalue weighted by atomic mass is 9.97. The van der Waals surface area contributed by atoms with Gasteiger partial charge in [-0.05, 0) is 58.1 Å². The number of amides is 1. The first-order valence-electron chi connectivity index (χ1n) is 9.00. The van der Waals surface area contributed by atoms with Gasteiger partial charge in [0, 0.05) is 26.7 Å². The molecule has 0 atom stereocenters. The standard InChI is InChI=1S/C19H30N2O4S/c1-15-8-6-7-9-17(15)26(23,24)20(5)14-16-10-12-21(13-11-16)18(22)25-19(2,3)4/h6-9,16H,10-14H2,1-5H3. The Morgan fingerprint density at radius 1 is 1.23 bits per heavy atom. The molecule has 26 heavy (non-hydrogen) atoms. The summed E-state index contributed by atoms with van der Waals surface area (Å²) in [6.07, 6.45) is 1.25. The van der Waals surface area contributed by atoms with E-state index in [-0.39, 0.29) is 12.0 Å². The summed E-state index contributed by atoms with van der Waals surface area (Å²) in [4.78, 5) is 14.2. The van der Waals surface area contributed by atoms with Crippen molar-refractivity contribution in [1.29, 1.82) is 0 Å². The average molecular weight is 383 g/mol. The Morgan fingerprint density at radius 3 is 2.35 bits per heavy atom. The molecule has 0 radical (unpaired) electrons. The van der Waals surface area contributed by atoms with E-state index in [1.54, 1.807) is 37.1 Å². The topological polar surface area (TPSA) is 66.9 Å². The van der Waals surface area contributed by atoms with Gasteiger partial charge in [0.2, 0.25) is 10.0 Å². The monoisotopic (exact) mass is 382 g/mol. The number of likely N-dealkylation sites (tertiary alicyclic amines) is 1. The van der Waals surface area contributed by atoms with Crippen LogP contribution < -0.4 is 0 Å². The van der Waals surface area contributed by atoms with E-state index in [1.807, 2.05) is 26.8 Å². The zero-order valence-corrected chi connectivity index (χ0v) is 17.2. The Bertz CT molecular complexity index is 732. The summed E-state index contributed by atoms with van der Waals surface area (Å²) >= 11 is 0. The summed E-state index contributed by atoms with van der Waals surface area (Å²) < 4.78 is 32.4. The molecule has 1 aromatic carbocycles. The number of ether oxygens (including phenoxy) is 1. The lowest BCUT2D eigenvalue weighted by molar-refractivity contribution is 0.0179. The van der Waals surface area contributed by atoms with Crippen molar-refractivity contribution >= 4 is 16.1 Å². The fourth-order valence-electron chi connectivity index (χ4n) is 3.10. The summed E-state index contributed by atoms with van der Waals surface area (Å²) in [6, 6.07) is 7.03. The number of rotatable bonds is 4. The number of carbonyl (C=O) groups is 1. The SMILES string of the molecule is Cc1ccccc1S(=O)(=O)N(C)CC1CCN(C(=O)OC(C)(C)C)CC1. The molecule has 1 saturated heterocycles. The molecule has 0 spiro atoms. The smallest absolute Gasteiger partial charge is 0.410 e. The number of benzene rings is 1. The van der Waals surface area contributed by atoms with Crippen LogP contribution in [0.3, 0.4) is 0 Å². The Kier molecular flexibility index (Phi) is 6.34. The van der Waals surface area contributed by atoms with Crippen molar-refractivity contribution in [2.45, 2.75) is 51.0 Å². The maximum Gasteiger partial charge on any atom is 0.410 e. The molecule has 2 rings (SSSR count). The van der Waals surface area contributed by atoms with Gasteiger partial charge in [-0.15, -0.1) is 0 Å². The third-order valence-electron chi connectivity index (χ3n) is 4.56. The quantitative estimate of drug-likeness (QED) is 0.802. The maximum absolute atomic E-state index is 12.8. The van der Waals surface area contributed by atoms with Gasteiger partial charge in [-0.2, -0.15) is 0 Å². The predicted molar refractivity (Wildman–Crippen MR) is 102 cm³/mol. The van der Waals surface area contributed by atoms with Crippen LogP contribution in [0.15, 0.2) is 29.2 Å². The Labute approximate surface area is 157 Å². The first-order chi connectivity index (χ1) is 12.0. The van der Waals surface area contributed by atoms with Gasteiger partial charge >= 0.3 is 6.09 Å². The molecule has 1 aromatic rings. The van der Waals surface area contributed by atoms with E-state index in [4.69, 9.17) is 4.74 Å². The molecule has 0 bridgehead atoms. The van der Waals surface area contributed by atoms with Crippen LogP contribution in [-0.4, -0.2) is 56.0 Å². The van der Waals surface area contributed by atoms with Gasteiger partial charge in [-0.25, -0.2) is 17.5 Å². The second-order valence-corrected chi connectivity index (χ2v) is 9.98. The molecule has 1 heterocycles. The normalized spacial score (nSPS) is 16.8. The molecule has 6 nitrogen and oxygen atoms in total. The molecule has 0 unspecified atom stereocenters. The lowest BCUT2D eigenvalue weighted by Crippen LogP contribution is -2.44. The predicted octanol–water partition coefficient (Wildman–Crippen LogP) is 3.26. The molecule has 1 amide bonds. The van der Waals surface area contributed by atoms with E-state index in [9.17, 15) is 13.2 Å². The summed E-state index contributed by atoms with van der Waals surface area (Å²) in [5, 5.41) is 0. The second-order valence-electron chi connectivity index (χ2n) is 7.96. The van der Waals surface area contributed by atoms with Gasteiger partial charge in [0.1, 0.15) is 5.60 Å². The molecule has 0 saturated carbocycles.